The van der Waals surface area contributed by atoms with Gasteiger partial charge in [0.05, 0.1) is 24.0 Å². The summed E-state index contributed by atoms with van der Waals surface area (Å²) < 4.78 is 11.8. The number of carboxylic acids is 1. The van der Waals surface area contributed by atoms with E-state index in [1.807, 2.05) is 19.2 Å². The molecule has 5 atom stereocenters. The summed E-state index contributed by atoms with van der Waals surface area (Å²) >= 11 is 0. The van der Waals surface area contributed by atoms with Gasteiger partial charge in [0.2, 0.25) is 0 Å². The zero-order chi connectivity index (χ0) is 22.1. The number of hydrogen-bond donors (Lipinski definition) is 4. The molecule has 2 bridgehead atoms. The number of aliphatic hydroxyl groups is 3. The fourth-order valence-electron chi connectivity index (χ4n) is 6.05. The van der Waals surface area contributed by atoms with Gasteiger partial charge in [-0.1, -0.05) is 12.1 Å². The molecule has 0 unspecified atom stereocenters. The highest BCUT2D eigenvalue weighted by Gasteiger charge is 2.71. The Labute approximate surface area is 178 Å². The van der Waals surface area contributed by atoms with Crippen LogP contribution in [0.25, 0.3) is 0 Å². The zero-order valence-electron chi connectivity index (χ0n) is 17.1. The van der Waals surface area contributed by atoms with Crippen molar-refractivity contribution >= 4 is 11.9 Å². The van der Waals surface area contributed by atoms with Crippen LogP contribution in [0, 0.1) is 0 Å². The maximum atomic E-state index is 12.3. The predicted molar refractivity (Wildman–Crippen MR) is 105 cm³/mol. The van der Waals surface area contributed by atoms with Crippen LogP contribution in [0.5, 0.6) is 5.75 Å². The summed E-state index contributed by atoms with van der Waals surface area (Å²) in [6.07, 6.45) is -0.236. The van der Waals surface area contributed by atoms with Gasteiger partial charge < -0.3 is 34.8 Å². The Bertz CT molecular complexity index is 1010. The fraction of sp³-hybridized carbons (Fsp3) is 0.545. The van der Waals surface area contributed by atoms with Crippen LogP contribution in [0.1, 0.15) is 36.0 Å². The molecule has 31 heavy (non-hydrogen) atoms. The standard InChI is InChI=1S/C22H25NO8/c1-23-7-6-21-17-11-2-3-12(10-24)18(17)31-19(21)14(4-5-22(21,29)15(23)8-11)30-16(26)9-13(25)20(27)28/h2-4,13,15,19,24-25,29H,5-10H2,1H3,(H,27,28)/t13-,15-,19+,21+,22-/m1/s1. The van der Waals surface area contributed by atoms with Crippen LogP contribution in [0.4, 0.5) is 0 Å². The molecule has 0 radical (unpaired) electrons. The van der Waals surface area contributed by atoms with Crippen LogP contribution in [0.2, 0.25) is 0 Å². The lowest BCUT2D eigenvalue weighted by Crippen LogP contribution is -2.74. The first-order valence-electron chi connectivity index (χ1n) is 10.4. The second-order valence-corrected chi connectivity index (χ2v) is 8.93. The van der Waals surface area contributed by atoms with Crippen molar-refractivity contribution in [1.29, 1.82) is 0 Å². The maximum absolute atomic E-state index is 12.3. The number of rotatable bonds is 5. The lowest BCUT2D eigenvalue weighted by atomic mass is 9.50. The Morgan fingerprint density at radius 3 is 2.87 bits per heavy atom. The van der Waals surface area contributed by atoms with E-state index in [1.54, 1.807) is 6.08 Å². The van der Waals surface area contributed by atoms with Crippen molar-refractivity contribution in [2.24, 2.45) is 0 Å². The van der Waals surface area contributed by atoms with E-state index in [2.05, 4.69) is 4.90 Å². The number of ether oxygens (including phenoxy) is 2. The van der Waals surface area contributed by atoms with E-state index < -0.39 is 41.6 Å². The summed E-state index contributed by atoms with van der Waals surface area (Å²) in [6, 6.07) is 3.64. The average molecular weight is 431 g/mol. The lowest BCUT2D eigenvalue weighted by Gasteiger charge is -2.61. The van der Waals surface area contributed by atoms with Gasteiger partial charge in [-0.25, -0.2) is 4.79 Å². The van der Waals surface area contributed by atoms with Crippen molar-refractivity contribution in [2.75, 3.05) is 13.6 Å². The van der Waals surface area contributed by atoms with Gasteiger partial charge in [0.25, 0.3) is 0 Å². The Hall–Kier alpha value is -2.46. The third-order valence-corrected chi connectivity index (χ3v) is 7.50. The summed E-state index contributed by atoms with van der Waals surface area (Å²) in [7, 11) is 1.99. The molecule has 9 heteroatoms. The van der Waals surface area contributed by atoms with Crippen molar-refractivity contribution < 1.29 is 39.5 Å². The number of carbonyl (C=O) groups is 2. The molecule has 2 aliphatic carbocycles. The van der Waals surface area contributed by atoms with Crippen molar-refractivity contribution in [3.05, 3.63) is 40.7 Å². The van der Waals surface area contributed by atoms with Crippen LogP contribution in [0.3, 0.4) is 0 Å². The quantitative estimate of drug-likeness (QED) is 0.469. The van der Waals surface area contributed by atoms with Crippen molar-refractivity contribution in [2.45, 2.75) is 61.6 Å². The van der Waals surface area contributed by atoms with Crippen LogP contribution in [0.15, 0.2) is 24.0 Å². The smallest absolute Gasteiger partial charge is 0.333 e. The SMILES string of the molecule is CN1CC[C@]23c4c5ccc(CO)c4O[C@H]2C(OC(=O)C[C@@H](O)C(=O)O)=CC[C@@]3(O)[C@H]1C5. The second kappa shape index (κ2) is 6.77. The molecule has 4 aliphatic rings. The third kappa shape index (κ3) is 2.57. The molecule has 166 valence electrons. The van der Waals surface area contributed by atoms with Gasteiger partial charge in [0.15, 0.2) is 12.2 Å². The molecule has 2 heterocycles. The van der Waals surface area contributed by atoms with E-state index >= 15 is 0 Å². The normalized spacial score (nSPS) is 33.7. The molecule has 5 rings (SSSR count). The van der Waals surface area contributed by atoms with Gasteiger partial charge in [-0.3, -0.25) is 4.79 Å². The Morgan fingerprint density at radius 2 is 2.16 bits per heavy atom. The summed E-state index contributed by atoms with van der Waals surface area (Å²) in [5.74, 6) is -1.65. The van der Waals surface area contributed by atoms with Crippen molar-refractivity contribution in [1.82, 2.24) is 4.90 Å². The third-order valence-electron chi connectivity index (χ3n) is 7.50. The minimum absolute atomic E-state index is 0.145. The van der Waals surface area contributed by atoms with Crippen LogP contribution in [-0.4, -0.2) is 74.7 Å². The minimum atomic E-state index is -1.86. The number of likely N-dealkylation sites (tertiary alicyclic amines) is 1. The van der Waals surface area contributed by atoms with Crippen LogP contribution in [-0.2, 0) is 32.8 Å². The van der Waals surface area contributed by atoms with E-state index in [0.717, 1.165) is 11.1 Å². The number of likely N-dealkylation sites (N-methyl/N-ethyl adjacent to an activating group) is 1. The molecule has 1 spiro atoms. The van der Waals surface area contributed by atoms with Gasteiger partial charge in [0, 0.05) is 23.6 Å². The number of aliphatic hydroxyl groups excluding tert-OH is 2. The Kier molecular flexibility index (Phi) is 4.46. The van der Waals surface area contributed by atoms with E-state index in [4.69, 9.17) is 14.6 Å². The summed E-state index contributed by atoms with van der Waals surface area (Å²) in [4.78, 5) is 25.3. The molecule has 1 fully saturated rings. The molecule has 1 aromatic rings. The minimum Gasteiger partial charge on any atom is -0.481 e. The molecule has 9 nitrogen and oxygen atoms in total. The summed E-state index contributed by atoms with van der Waals surface area (Å²) in [6.45, 7) is 0.491. The van der Waals surface area contributed by atoms with Crippen molar-refractivity contribution in [3.63, 3.8) is 0 Å². The number of carboxylic acid groups (broad SMARTS) is 1. The molecule has 2 aliphatic heterocycles. The lowest BCUT2D eigenvalue weighted by molar-refractivity contribution is -0.170. The van der Waals surface area contributed by atoms with Crippen LogP contribution >= 0.6 is 0 Å². The highest BCUT2D eigenvalue weighted by molar-refractivity contribution is 5.81. The number of esters is 1. The summed E-state index contributed by atoms with van der Waals surface area (Å²) in [5.41, 5.74) is 0.545. The van der Waals surface area contributed by atoms with E-state index in [9.17, 15) is 24.9 Å². The van der Waals surface area contributed by atoms with E-state index in [0.29, 0.717) is 30.7 Å². The van der Waals surface area contributed by atoms with E-state index in [1.165, 1.54) is 0 Å². The zero-order valence-corrected chi connectivity index (χ0v) is 17.1. The monoisotopic (exact) mass is 431 g/mol. The molecular weight excluding hydrogens is 406 g/mol. The fourth-order valence-corrected chi connectivity index (χ4v) is 6.05. The summed E-state index contributed by atoms with van der Waals surface area (Å²) in [5, 5.41) is 40.2. The first-order chi connectivity index (χ1) is 14.7. The van der Waals surface area contributed by atoms with Gasteiger partial charge in [-0.15, -0.1) is 0 Å². The molecule has 0 saturated carbocycles. The second-order valence-electron chi connectivity index (χ2n) is 8.93. The molecule has 1 aromatic carbocycles. The Balaban J connectivity index is 1.59. The average Bonchev–Trinajstić information content (AvgIpc) is 3.08. The maximum Gasteiger partial charge on any atom is 0.333 e. The largest absolute Gasteiger partial charge is 0.481 e. The molecule has 1 saturated heterocycles. The molecule has 0 amide bonds. The number of nitrogens with zero attached hydrogens (tertiary/aromatic N) is 1. The molecular formula is C22H25NO8. The van der Waals surface area contributed by atoms with Crippen molar-refractivity contribution in [3.8, 4) is 5.75 Å². The number of aliphatic carboxylic acids is 1. The first-order valence-corrected chi connectivity index (χ1v) is 10.4. The number of carbonyl (C=O) groups excluding carboxylic acids is 1. The number of hydrogen-bond acceptors (Lipinski definition) is 8. The van der Waals surface area contributed by atoms with Gasteiger partial charge >= 0.3 is 11.9 Å². The van der Waals surface area contributed by atoms with Crippen LogP contribution < -0.4 is 4.74 Å². The highest BCUT2D eigenvalue weighted by atomic mass is 16.6. The highest BCUT2D eigenvalue weighted by Crippen LogP contribution is 2.64. The van der Waals surface area contributed by atoms with Gasteiger partial charge in [-0.05, 0) is 38.1 Å². The number of piperidine rings is 1. The van der Waals surface area contributed by atoms with Gasteiger partial charge in [0.1, 0.15) is 11.5 Å². The molecule has 0 aromatic heterocycles. The van der Waals surface area contributed by atoms with Gasteiger partial charge in [-0.2, -0.15) is 0 Å². The topological polar surface area (TPSA) is 137 Å². The first kappa shape index (κ1) is 20.4. The predicted octanol–water partition coefficient (Wildman–Crippen LogP) is -0.165. The van der Waals surface area contributed by atoms with E-state index in [-0.39, 0.29) is 24.8 Å². The number of benzene rings is 1. The Morgan fingerprint density at radius 1 is 1.39 bits per heavy atom. The molecule has 4 N–H and O–H groups in total.